The largest absolute Gasteiger partial charge is 0.450 e. The predicted octanol–water partition coefficient (Wildman–Crippen LogP) is 4.78. The summed E-state index contributed by atoms with van der Waals surface area (Å²) in [4.78, 5) is 24.6. The molecule has 1 aliphatic heterocycles. The SMILES string of the molecule is CC(c1ccc(-c2ccc(F)cc2F)cc1)N1CCC(CCCOC(N)=O)OC1=O. The average Bonchev–Trinajstić information content (AvgIpc) is 2.71. The van der Waals surface area contributed by atoms with Crippen LogP contribution in [-0.4, -0.2) is 36.3 Å². The first kappa shape index (κ1) is 21.5. The van der Waals surface area contributed by atoms with Crippen LogP contribution in [0, 0.1) is 11.6 Å². The van der Waals surface area contributed by atoms with Crippen molar-refractivity contribution >= 4 is 12.2 Å². The smallest absolute Gasteiger partial charge is 0.410 e. The molecule has 1 aliphatic rings. The monoisotopic (exact) mass is 418 g/mol. The molecule has 2 amide bonds. The minimum absolute atomic E-state index is 0.199. The molecule has 30 heavy (non-hydrogen) atoms. The second kappa shape index (κ2) is 9.56. The van der Waals surface area contributed by atoms with E-state index in [0.717, 1.165) is 11.6 Å². The fourth-order valence-corrected chi connectivity index (χ4v) is 3.53. The molecular weight excluding hydrogens is 394 g/mol. The molecule has 1 heterocycles. The molecule has 0 radical (unpaired) electrons. The van der Waals surface area contributed by atoms with Crippen molar-refractivity contribution in [1.29, 1.82) is 0 Å². The lowest BCUT2D eigenvalue weighted by molar-refractivity contribution is 0.00721. The number of halogens is 2. The van der Waals surface area contributed by atoms with Gasteiger partial charge in [-0.15, -0.1) is 0 Å². The summed E-state index contributed by atoms with van der Waals surface area (Å²) in [7, 11) is 0. The van der Waals surface area contributed by atoms with Gasteiger partial charge in [-0.1, -0.05) is 24.3 Å². The van der Waals surface area contributed by atoms with Crippen LogP contribution in [-0.2, 0) is 9.47 Å². The maximum Gasteiger partial charge on any atom is 0.410 e. The molecular formula is C22H24F2N2O4. The van der Waals surface area contributed by atoms with Crippen LogP contribution in [0.2, 0.25) is 0 Å². The van der Waals surface area contributed by atoms with Crippen LogP contribution in [0.5, 0.6) is 0 Å². The van der Waals surface area contributed by atoms with Crippen LogP contribution >= 0.6 is 0 Å². The van der Waals surface area contributed by atoms with Crippen molar-refractivity contribution in [2.24, 2.45) is 5.73 Å². The third-order valence-corrected chi connectivity index (χ3v) is 5.21. The normalized spacial score (nSPS) is 17.4. The second-order valence-electron chi connectivity index (χ2n) is 7.22. The summed E-state index contributed by atoms with van der Waals surface area (Å²) in [5.74, 6) is -1.24. The minimum Gasteiger partial charge on any atom is -0.450 e. The lowest BCUT2D eigenvalue weighted by Crippen LogP contribution is -2.43. The summed E-state index contributed by atoms with van der Waals surface area (Å²) in [6.07, 6.45) is 0.399. The van der Waals surface area contributed by atoms with E-state index in [0.29, 0.717) is 36.9 Å². The van der Waals surface area contributed by atoms with Gasteiger partial charge in [0, 0.05) is 24.6 Å². The van der Waals surface area contributed by atoms with Crippen LogP contribution in [0.15, 0.2) is 42.5 Å². The van der Waals surface area contributed by atoms with Crippen LogP contribution in [0.25, 0.3) is 11.1 Å². The lowest BCUT2D eigenvalue weighted by atomic mass is 9.99. The molecule has 1 saturated heterocycles. The molecule has 2 unspecified atom stereocenters. The minimum atomic E-state index is -0.816. The Morgan fingerprint density at radius 2 is 2.00 bits per heavy atom. The van der Waals surface area contributed by atoms with Gasteiger partial charge >= 0.3 is 12.2 Å². The Hall–Kier alpha value is -3.16. The number of nitrogens with zero attached hydrogens (tertiary/aromatic N) is 1. The van der Waals surface area contributed by atoms with E-state index in [1.165, 1.54) is 12.1 Å². The molecule has 3 rings (SSSR count). The third-order valence-electron chi connectivity index (χ3n) is 5.21. The van der Waals surface area contributed by atoms with E-state index < -0.39 is 23.8 Å². The number of carbonyl (C=O) groups is 2. The first-order valence-corrected chi connectivity index (χ1v) is 9.80. The number of ether oxygens (including phenoxy) is 2. The van der Waals surface area contributed by atoms with Crippen LogP contribution < -0.4 is 5.73 Å². The Kier molecular flexibility index (Phi) is 6.87. The molecule has 0 aliphatic carbocycles. The maximum absolute atomic E-state index is 14.0. The van der Waals surface area contributed by atoms with Gasteiger partial charge in [-0.05, 0) is 43.0 Å². The second-order valence-corrected chi connectivity index (χ2v) is 7.22. The van der Waals surface area contributed by atoms with Crippen molar-refractivity contribution in [3.05, 3.63) is 59.7 Å². The quantitative estimate of drug-likeness (QED) is 0.656. The molecule has 0 saturated carbocycles. The van der Waals surface area contributed by atoms with Crippen LogP contribution in [0.4, 0.5) is 18.4 Å². The molecule has 0 aromatic heterocycles. The summed E-state index contributed by atoms with van der Waals surface area (Å²) >= 11 is 0. The number of primary amides is 1. The summed E-state index contributed by atoms with van der Waals surface area (Å²) in [5.41, 5.74) is 6.73. The van der Waals surface area contributed by atoms with Crippen LogP contribution in [0.1, 0.15) is 37.8 Å². The van der Waals surface area contributed by atoms with Gasteiger partial charge in [-0.25, -0.2) is 18.4 Å². The predicted molar refractivity (Wildman–Crippen MR) is 107 cm³/mol. The van der Waals surface area contributed by atoms with Crippen molar-refractivity contribution < 1.29 is 27.8 Å². The van der Waals surface area contributed by atoms with E-state index in [1.807, 2.05) is 19.1 Å². The van der Waals surface area contributed by atoms with Gasteiger partial charge in [-0.2, -0.15) is 0 Å². The van der Waals surface area contributed by atoms with Gasteiger partial charge in [0.05, 0.1) is 12.6 Å². The number of amides is 2. The first-order chi connectivity index (χ1) is 14.3. The van der Waals surface area contributed by atoms with E-state index >= 15 is 0 Å². The van der Waals surface area contributed by atoms with E-state index in [9.17, 15) is 18.4 Å². The zero-order chi connectivity index (χ0) is 21.7. The zero-order valence-corrected chi connectivity index (χ0v) is 16.6. The van der Waals surface area contributed by atoms with E-state index in [-0.39, 0.29) is 18.8 Å². The number of cyclic esters (lactones) is 1. The fraction of sp³-hybridized carbons (Fsp3) is 0.364. The molecule has 0 spiro atoms. The standard InChI is InChI=1S/C22H24F2N2O4/c1-14(26-11-10-18(30-22(26)28)3-2-12-29-21(25)27)15-4-6-16(7-5-15)19-9-8-17(23)13-20(19)24/h4-9,13-14,18H,2-3,10-12H2,1H3,(H2,25,27). The molecule has 2 N–H and O–H groups in total. The number of rotatable bonds is 7. The highest BCUT2D eigenvalue weighted by Crippen LogP contribution is 2.29. The van der Waals surface area contributed by atoms with Gasteiger partial charge < -0.3 is 20.1 Å². The van der Waals surface area contributed by atoms with Crippen molar-refractivity contribution in [3.63, 3.8) is 0 Å². The third kappa shape index (κ3) is 5.25. The number of hydrogen-bond acceptors (Lipinski definition) is 4. The highest BCUT2D eigenvalue weighted by Gasteiger charge is 2.30. The van der Waals surface area contributed by atoms with Gasteiger partial charge in [0.1, 0.15) is 17.7 Å². The van der Waals surface area contributed by atoms with E-state index in [1.54, 1.807) is 17.0 Å². The molecule has 2 aromatic rings. The van der Waals surface area contributed by atoms with Crippen molar-refractivity contribution in [3.8, 4) is 11.1 Å². The highest BCUT2D eigenvalue weighted by molar-refractivity contribution is 5.69. The van der Waals surface area contributed by atoms with E-state index in [2.05, 4.69) is 4.74 Å². The fourth-order valence-electron chi connectivity index (χ4n) is 3.53. The molecule has 6 nitrogen and oxygen atoms in total. The van der Waals surface area contributed by atoms with Crippen LogP contribution in [0.3, 0.4) is 0 Å². The first-order valence-electron chi connectivity index (χ1n) is 9.80. The number of nitrogens with two attached hydrogens (primary N) is 1. The Morgan fingerprint density at radius 1 is 1.27 bits per heavy atom. The van der Waals surface area contributed by atoms with Crippen molar-refractivity contribution in [1.82, 2.24) is 4.90 Å². The lowest BCUT2D eigenvalue weighted by Gasteiger charge is -2.36. The molecule has 2 atom stereocenters. The Bertz CT molecular complexity index is 905. The van der Waals surface area contributed by atoms with Gasteiger partial charge in [-0.3, -0.25) is 0 Å². The number of benzene rings is 2. The molecule has 2 aromatic carbocycles. The summed E-state index contributed by atoms with van der Waals surface area (Å²) in [5, 5.41) is 0. The number of hydrogen-bond donors (Lipinski definition) is 1. The highest BCUT2D eigenvalue weighted by atomic mass is 19.1. The Morgan fingerprint density at radius 3 is 2.63 bits per heavy atom. The summed E-state index contributed by atoms with van der Waals surface area (Å²) in [6, 6.07) is 10.4. The van der Waals surface area contributed by atoms with Gasteiger partial charge in [0.25, 0.3) is 0 Å². The summed E-state index contributed by atoms with van der Waals surface area (Å²) in [6.45, 7) is 2.63. The topological polar surface area (TPSA) is 81.9 Å². The Labute approximate surface area is 173 Å². The number of carbonyl (C=O) groups excluding carboxylic acids is 2. The van der Waals surface area contributed by atoms with Gasteiger partial charge in [0.2, 0.25) is 0 Å². The maximum atomic E-state index is 14.0. The summed E-state index contributed by atoms with van der Waals surface area (Å²) < 4.78 is 37.3. The molecule has 160 valence electrons. The molecule has 0 bridgehead atoms. The van der Waals surface area contributed by atoms with E-state index in [4.69, 9.17) is 10.5 Å². The van der Waals surface area contributed by atoms with Crippen molar-refractivity contribution in [2.75, 3.05) is 13.2 Å². The van der Waals surface area contributed by atoms with Crippen molar-refractivity contribution in [2.45, 2.75) is 38.3 Å². The Balaban J connectivity index is 1.58. The van der Waals surface area contributed by atoms with Gasteiger partial charge in [0.15, 0.2) is 0 Å². The zero-order valence-electron chi connectivity index (χ0n) is 16.6. The molecule has 1 fully saturated rings. The average molecular weight is 418 g/mol. The molecule has 8 heteroatoms.